The van der Waals surface area contributed by atoms with E-state index in [1.807, 2.05) is 0 Å². The lowest BCUT2D eigenvalue weighted by atomic mass is 9.39. The molecule has 190 valence electrons. The highest BCUT2D eigenvalue weighted by molar-refractivity contribution is 5.85. The minimum absolute atomic E-state index is 0.341. The zero-order valence-corrected chi connectivity index (χ0v) is 21.5. The molecule has 0 aromatic heterocycles. The van der Waals surface area contributed by atoms with Crippen LogP contribution in [0, 0.1) is 35.0 Å². The molecule has 4 aliphatic carbocycles. The van der Waals surface area contributed by atoms with Crippen molar-refractivity contribution in [2.45, 2.75) is 127 Å². The van der Waals surface area contributed by atoms with Gasteiger partial charge in [0.25, 0.3) is 0 Å². The average Bonchev–Trinajstić information content (AvgIpc) is 2.91. The van der Waals surface area contributed by atoms with E-state index in [0.29, 0.717) is 40.9 Å². The lowest BCUT2D eigenvalue weighted by molar-refractivity contribution is -0.219. The minimum Gasteiger partial charge on any atom is -0.316 e. The number of nitrogens with zero attached hydrogens (tertiary/aromatic N) is 1. The molecule has 7 aliphatic rings. The summed E-state index contributed by atoms with van der Waals surface area (Å²) in [5, 5.41) is 8.13. The number of carbonyl (C=O) groups is 1. The second-order valence-corrected chi connectivity index (χ2v) is 13.4. The smallest absolute Gasteiger partial charge is 0.139 e. The number of carbonyl (C=O) groups excluding carboxylic acids is 1. The van der Waals surface area contributed by atoms with Gasteiger partial charge in [0, 0.05) is 36.0 Å². The Morgan fingerprint density at radius 3 is 2.24 bits per heavy atom. The van der Waals surface area contributed by atoms with Crippen molar-refractivity contribution in [2.75, 3.05) is 19.6 Å². The fourth-order valence-electron chi connectivity index (χ4n) is 11.5. The van der Waals surface area contributed by atoms with E-state index in [1.54, 1.807) is 0 Å². The van der Waals surface area contributed by atoms with Crippen LogP contribution in [-0.2, 0) is 4.79 Å². The lowest BCUT2D eigenvalue weighted by Crippen LogP contribution is -2.80. The first-order valence-electron chi connectivity index (χ1n) is 15.6. The quantitative estimate of drug-likeness (QED) is 0.575. The molecule has 1 spiro atoms. The Kier molecular flexibility index (Phi) is 6.11. The van der Waals surface area contributed by atoms with Crippen LogP contribution < -0.4 is 10.6 Å². The predicted octanol–water partition coefficient (Wildman–Crippen LogP) is 4.92. The number of likely N-dealkylation sites (tertiary alicyclic amines) is 1. The Labute approximate surface area is 207 Å². The van der Waals surface area contributed by atoms with Crippen LogP contribution in [0.15, 0.2) is 0 Å². The number of rotatable bonds is 1. The number of Topliss-reactive ketones (excluding diaryl/α,β-unsaturated/α-hetero) is 1. The summed E-state index contributed by atoms with van der Waals surface area (Å²) in [4.78, 5) is 17.2. The highest BCUT2D eigenvalue weighted by atomic mass is 16.1. The monoisotopic (exact) mass is 467 g/mol. The van der Waals surface area contributed by atoms with Gasteiger partial charge in [0.05, 0.1) is 0 Å². The van der Waals surface area contributed by atoms with E-state index in [1.165, 1.54) is 103 Å². The number of hydrogen-bond acceptors (Lipinski definition) is 4. The van der Waals surface area contributed by atoms with Gasteiger partial charge in [-0.15, -0.1) is 0 Å². The van der Waals surface area contributed by atoms with Gasteiger partial charge in [0.15, 0.2) is 0 Å². The molecule has 0 aromatic rings. The van der Waals surface area contributed by atoms with Gasteiger partial charge in [-0.3, -0.25) is 9.69 Å². The van der Waals surface area contributed by atoms with Gasteiger partial charge in [0.2, 0.25) is 0 Å². The first kappa shape index (κ1) is 22.7. The van der Waals surface area contributed by atoms with Gasteiger partial charge < -0.3 is 10.6 Å². The van der Waals surface area contributed by atoms with Gasteiger partial charge in [-0.05, 0) is 101 Å². The number of ketones is 1. The summed E-state index contributed by atoms with van der Waals surface area (Å²) in [6.45, 7) is 3.37. The number of piperidine rings is 3. The summed E-state index contributed by atoms with van der Waals surface area (Å²) in [5.74, 6) is 3.45. The third-order valence-electron chi connectivity index (χ3n) is 12.4. The van der Waals surface area contributed by atoms with Crippen LogP contribution in [0.1, 0.15) is 103 Å². The molecule has 4 heteroatoms. The molecule has 7 fully saturated rings. The number of nitrogens with one attached hydrogen (secondary N) is 2. The molecule has 4 nitrogen and oxygen atoms in total. The van der Waals surface area contributed by atoms with Crippen LogP contribution in [0.3, 0.4) is 0 Å². The van der Waals surface area contributed by atoms with Crippen molar-refractivity contribution >= 4 is 5.78 Å². The zero-order valence-electron chi connectivity index (χ0n) is 21.5. The van der Waals surface area contributed by atoms with Crippen LogP contribution in [0.5, 0.6) is 0 Å². The Morgan fingerprint density at radius 1 is 0.647 bits per heavy atom. The molecule has 3 aliphatic heterocycles. The molecule has 0 radical (unpaired) electrons. The molecule has 0 bridgehead atoms. The molecule has 4 saturated carbocycles. The van der Waals surface area contributed by atoms with Gasteiger partial charge >= 0.3 is 0 Å². The SMILES string of the molecule is O=C1C2CCCCC2C2(C3CNCCC13)C1CCCCC1N(C1CCCCC1)C1CCCNC12. The summed E-state index contributed by atoms with van der Waals surface area (Å²) in [7, 11) is 0. The molecule has 7 rings (SSSR count). The summed E-state index contributed by atoms with van der Waals surface area (Å²) < 4.78 is 0. The van der Waals surface area contributed by atoms with Gasteiger partial charge in [-0.2, -0.15) is 0 Å². The summed E-state index contributed by atoms with van der Waals surface area (Å²) in [6.07, 6.45) is 22.0. The van der Waals surface area contributed by atoms with E-state index >= 15 is 0 Å². The van der Waals surface area contributed by atoms with Crippen LogP contribution in [0.4, 0.5) is 0 Å². The van der Waals surface area contributed by atoms with Gasteiger partial charge in [-0.25, -0.2) is 0 Å². The van der Waals surface area contributed by atoms with E-state index in [4.69, 9.17) is 0 Å². The molecular formula is C30H49N3O. The summed E-state index contributed by atoms with van der Waals surface area (Å²) in [6, 6.07) is 2.95. The average molecular weight is 468 g/mol. The fourth-order valence-corrected chi connectivity index (χ4v) is 11.5. The van der Waals surface area contributed by atoms with Crippen LogP contribution >= 0.6 is 0 Å². The van der Waals surface area contributed by atoms with Crippen molar-refractivity contribution in [2.24, 2.45) is 35.0 Å². The van der Waals surface area contributed by atoms with Crippen molar-refractivity contribution in [1.82, 2.24) is 15.5 Å². The first-order valence-corrected chi connectivity index (χ1v) is 15.6. The maximum atomic E-state index is 14.0. The standard InChI is InChI=1S/C30H49N3O/c34-28-21-11-4-5-12-23(21)30(25-19-31-18-16-22(25)28)24-13-6-7-14-26(24)33(20-9-2-1-3-10-20)27-15-8-17-32-29(27)30/h20-27,29,31-32H,1-19H2. The van der Waals surface area contributed by atoms with Crippen molar-refractivity contribution in [1.29, 1.82) is 0 Å². The lowest BCUT2D eigenvalue weighted by Gasteiger charge is -2.72. The zero-order chi connectivity index (χ0) is 22.7. The highest BCUT2D eigenvalue weighted by Gasteiger charge is 2.70. The number of hydrogen-bond donors (Lipinski definition) is 2. The maximum absolute atomic E-state index is 14.0. The second kappa shape index (κ2) is 9.14. The molecule has 0 amide bonds. The molecular weight excluding hydrogens is 418 g/mol. The Balaban J connectivity index is 1.38. The molecule has 0 aromatic carbocycles. The highest BCUT2D eigenvalue weighted by Crippen LogP contribution is 2.66. The minimum atomic E-state index is 0.341. The van der Waals surface area contributed by atoms with E-state index in [-0.39, 0.29) is 0 Å². The van der Waals surface area contributed by atoms with Gasteiger partial charge in [-0.1, -0.05) is 44.9 Å². The van der Waals surface area contributed by atoms with Crippen molar-refractivity contribution in [3.63, 3.8) is 0 Å². The normalized spacial score (nSPS) is 50.2. The Hall–Kier alpha value is -0.450. The third kappa shape index (κ3) is 3.23. The summed E-state index contributed by atoms with van der Waals surface area (Å²) in [5.41, 5.74) is 0.346. The predicted molar refractivity (Wildman–Crippen MR) is 137 cm³/mol. The first-order chi connectivity index (χ1) is 16.8. The largest absolute Gasteiger partial charge is 0.316 e. The van der Waals surface area contributed by atoms with Crippen LogP contribution in [0.25, 0.3) is 0 Å². The molecule has 3 saturated heterocycles. The summed E-state index contributed by atoms with van der Waals surface area (Å²) >= 11 is 0. The van der Waals surface area contributed by atoms with Crippen molar-refractivity contribution < 1.29 is 4.79 Å². The third-order valence-corrected chi connectivity index (χ3v) is 12.4. The van der Waals surface area contributed by atoms with Crippen LogP contribution in [-0.4, -0.2) is 54.5 Å². The van der Waals surface area contributed by atoms with E-state index in [2.05, 4.69) is 15.5 Å². The number of fused-ring (bicyclic) bond motifs is 8. The topological polar surface area (TPSA) is 44.4 Å². The second-order valence-electron chi connectivity index (χ2n) is 13.4. The molecule has 9 unspecified atom stereocenters. The van der Waals surface area contributed by atoms with Crippen molar-refractivity contribution in [3.05, 3.63) is 0 Å². The Morgan fingerprint density at radius 2 is 1.35 bits per heavy atom. The Bertz CT molecular complexity index is 710. The molecule has 2 N–H and O–H groups in total. The fraction of sp³-hybridized carbons (Fsp3) is 0.967. The van der Waals surface area contributed by atoms with Gasteiger partial charge in [0.1, 0.15) is 5.78 Å². The van der Waals surface area contributed by atoms with E-state index in [0.717, 1.165) is 43.6 Å². The maximum Gasteiger partial charge on any atom is 0.139 e. The van der Waals surface area contributed by atoms with Crippen molar-refractivity contribution in [3.8, 4) is 0 Å². The van der Waals surface area contributed by atoms with E-state index < -0.39 is 0 Å². The van der Waals surface area contributed by atoms with Crippen LogP contribution in [0.2, 0.25) is 0 Å². The molecule has 9 atom stereocenters. The molecule has 34 heavy (non-hydrogen) atoms. The molecule has 3 heterocycles. The van der Waals surface area contributed by atoms with E-state index in [9.17, 15) is 4.79 Å².